The molecule has 23 heavy (non-hydrogen) atoms. The predicted molar refractivity (Wildman–Crippen MR) is 80.2 cm³/mol. The second-order valence-corrected chi connectivity index (χ2v) is 6.13. The highest BCUT2D eigenvalue weighted by molar-refractivity contribution is 6.43. The van der Waals surface area contributed by atoms with Crippen LogP contribution >= 0.6 is 0 Å². The van der Waals surface area contributed by atoms with Gasteiger partial charge in [-0.15, -0.1) is 0 Å². The number of primary amides is 1. The number of amides is 2. The van der Waals surface area contributed by atoms with Crippen LogP contribution in [0.1, 0.15) is 52.4 Å². The van der Waals surface area contributed by atoms with E-state index in [4.69, 9.17) is 5.73 Å². The molecular weight excluding hydrogens is 302 g/mol. The second kappa shape index (κ2) is 5.53. The number of nitrogens with two attached hydrogens (primary N) is 1. The van der Waals surface area contributed by atoms with E-state index in [1.165, 1.54) is 20.8 Å². The summed E-state index contributed by atoms with van der Waals surface area (Å²) in [6, 6.07) is 0. The van der Waals surface area contributed by atoms with E-state index in [0.717, 1.165) is 0 Å². The maximum Gasteiger partial charge on any atom is 0.337 e. The van der Waals surface area contributed by atoms with E-state index in [0.29, 0.717) is 25.1 Å². The number of fused-ring (bicyclic) bond motifs is 1. The third-order valence-electron chi connectivity index (χ3n) is 4.09. The zero-order chi connectivity index (χ0) is 17.5. The molecule has 0 spiro atoms. The smallest absolute Gasteiger partial charge is 0.337 e. The second-order valence-electron chi connectivity index (χ2n) is 6.13. The van der Waals surface area contributed by atoms with Gasteiger partial charge in [-0.3, -0.25) is 14.4 Å². The van der Waals surface area contributed by atoms with Crippen LogP contribution in [0.2, 0.25) is 0 Å². The van der Waals surface area contributed by atoms with Crippen LogP contribution in [-0.2, 0) is 22.6 Å². The zero-order valence-corrected chi connectivity index (χ0v) is 13.2. The summed E-state index contributed by atoms with van der Waals surface area (Å²) in [6.45, 7) is 4.77. The molecule has 1 aliphatic heterocycles. The molecule has 4 N–H and O–H groups in total. The van der Waals surface area contributed by atoms with Crippen molar-refractivity contribution in [2.24, 2.45) is 5.73 Å². The summed E-state index contributed by atoms with van der Waals surface area (Å²) in [4.78, 5) is 47.3. The highest BCUT2D eigenvalue weighted by Gasteiger charge is 2.35. The van der Waals surface area contributed by atoms with E-state index in [-0.39, 0.29) is 16.8 Å². The molecular formula is C15H19N3O5. The van der Waals surface area contributed by atoms with Crippen molar-refractivity contribution in [1.82, 2.24) is 9.88 Å². The van der Waals surface area contributed by atoms with Crippen molar-refractivity contribution >= 4 is 23.6 Å². The molecule has 2 amide bonds. The van der Waals surface area contributed by atoms with Crippen molar-refractivity contribution in [3.63, 3.8) is 0 Å². The lowest BCUT2D eigenvalue weighted by atomic mass is 10.0. The summed E-state index contributed by atoms with van der Waals surface area (Å²) in [5.74, 6) is -3.75. The largest absolute Gasteiger partial charge is 0.478 e. The number of nitrogens with one attached hydrogen (secondary N) is 1. The molecule has 0 fully saturated rings. The molecule has 0 radical (unpaired) electrons. The van der Waals surface area contributed by atoms with E-state index in [9.17, 15) is 24.3 Å². The van der Waals surface area contributed by atoms with E-state index in [1.807, 2.05) is 0 Å². The van der Waals surface area contributed by atoms with E-state index >= 15 is 0 Å². The van der Waals surface area contributed by atoms with Crippen molar-refractivity contribution < 1.29 is 24.3 Å². The minimum Gasteiger partial charge on any atom is -0.478 e. The molecule has 2 rings (SSSR count). The lowest BCUT2D eigenvalue weighted by molar-refractivity contribution is -0.128. The fourth-order valence-electron chi connectivity index (χ4n) is 2.80. The van der Waals surface area contributed by atoms with E-state index in [1.54, 1.807) is 4.57 Å². The van der Waals surface area contributed by atoms with E-state index in [2.05, 4.69) is 5.32 Å². The molecule has 0 aromatic carbocycles. The van der Waals surface area contributed by atoms with Gasteiger partial charge < -0.3 is 20.7 Å². The molecule has 1 aliphatic rings. The number of rotatable bonds is 5. The Kier molecular flexibility index (Phi) is 4.02. The van der Waals surface area contributed by atoms with Crippen LogP contribution in [0.15, 0.2) is 0 Å². The molecule has 0 bridgehead atoms. The minimum absolute atomic E-state index is 0.0627. The Hall–Kier alpha value is -2.64. The van der Waals surface area contributed by atoms with Crippen molar-refractivity contribution in [1.29, 1.82) is 0 Å². The summed E-state index contributed by atoms with van der Waals surface area (Å²) in [5, 5.41) is 11.6. The maximum atomic E-state index is 12.5. The van der Waals surface area contributed by atoms with Crippen molar-refractivity contribution in [2.75, 3.05) is 0 Å². The highest BCUT2D eigenvalue weighted by Crippen LogP contribution is 2.29. The molecule has 0 aliphatic carbocycles. The normalized spacial score (nSPS) is 13.5. The van der Waals surface area contributed by atoms with Gasteiger partial charge in [-0.2, -0.15) is 0 Å². The van der Waals surface area contributed by atoms with Crippen molar-refractivity contribution in [2.45, 2.75) is 45.7 Å². The number of ketones is 1. The highest BCUT2D eigenvalue weighted by atomic mass is 16.4. The summed E-state index contributed by atoms with van der Waals surface area (Å²) in [5.41, 5.74) is 4.76. The van der Waals surface area contributed by atoms with Gasteiger partial charge in [0.1, 0.15) is 5.54 Å². The fourth-order valence-corrected chi connectivity index (χ4v) is 2.80. The van der Waals surface area contributed by atoms with Crippen LogP contribution in [0.25, 0.3) is 0 Å². The maximum absolute atomic E-state index is 12.5. The SMILES string of the molecule is Cc1c(C(=O)O)c2n(c1C(=O)C(=O)NC(C)(C)C(N)=O)CCC2. The van der Waals surface area contributed by atoms with E-state index < -0.39 is 29.1 Å². The molecule has 0 saturated carbocycles. The Bertz CT molecular complexity index is 730. The Morgan fingerprint density at radius 1 is 1.26 bits per heavy atom. The third kappa shape index (κ3) is 2.71. The van der Waals surface area contributed by atoms with Gasteiger partial charge in [0.25, 0.3) is 11.7 Å². The van der Waals surface area contributed by atoms with Crippen molar-refractivity contribution in [3.05, 3.63) is 22.5 Å². The minimum atomic E-state index is -1.38. The Balaban J connectivity index is 2.41. The van der Waals surface area contributed by atoms with Gasteiger partial charge >= 0.3 is 5.97 Å². The Labute approximate surface area is 132 Å². The fraction of sp³-hybridized carbons (Fsp3) is 0.467. The number of hydrogen-bond donors (Lipinski definition) is 3. The standard InChI is InChI=1S/C15H19N3O5/c1-7-9(13(21)22)8-5-4-6-18(8)10(7)11(19)12(20)17-15(2,3)14(16)23/h4-6H2,1-3H3,(H2,16,23)(H,17,20)(H,21,22). The molecule has 8 heteroatoms. The zero-order valence-electron chi connectivity index (χ0n) is 13.2. The van der Waals surface area contributed by atoms with Gasteiger partial charge in [0.15, 0.2) is 0 Å². The summed E-state index contributed by atoms with van der Waals surface area (Å²) >= 11 is 0. The first-order chi connectivity index (χ1) is 10.6. The molecule has 0 saturated heterocycles. The van der Waals surface area contributed by atoms with Gasteiger partial charge in [0, 0.05) is 12.2 Å². The van der Waals surface area contributed by atoms with Crippen LogP contribution in [0.5, 0.6) is 0 Å². The number of carbonyl (C=O) groups is 4. The monoisotopic (exact) mass is 321 g/mol. The lowest BCUT2D eigenvalue weighted by Gasteiger charge is -2.21. The molecule has 1 aromatic heterocycles. The molecule has 0 unspecified atom stereocenters. The summed E-state index contributed by atoms with van der Waals surface area (Å²) in [6.07, 6.45) is 1.26. The van der Waals surface area contributed by atoms with Gasteiger partial charge in [-0.05, 0) is 39.2 Å². The first kappa shape index (κ1) is 16.7. The molecule has 8 nitrogen and oxygen atoms in total. The molecule has 124 valence electrons. The number of hydrogen-bond acceptors (Lipinski definition) is 4. The van der Waals surface area contributed by atoms with Gasteiger partial charge in [-0.25, -0.2) is 4.79 Å². The van der Waals surface area contributed by atoms with Gasteiger partial charge in [-0.1, -0.05) is 0 Å². The average Bonchev–Trinajstić information content (AvgIpc) is 2.95. The van der Waals surface area contributed by atoms with Crippen LogP contribution in [-0.4, -0.2) is 38.8 Å². The third-order valence-corrected chi connectivity index (χ3v) is 4.09. The Morgan fingerprint density at radius 2 is 1.87 bits per heavy atom. The number of aromatic nitrogens is 1. The number of carbonyl (C=O) groups excluding carboxylic acids is 3. The lowest BCUT2D eigenvalue weighted by Crippen LogP contribution is -2.54. The van der Waals surface area contributed by atoms with Gasteiger partial charge in [0.05, 0.1) is 11.3 Å². The average molecular weight is 321 g/mol. The summed E-state index contributed by atoms with van der Waals surface area (Å²) in [7, 11) is 0. The van der Waals surface area contributed by atoms with Crippen LogP contribution < -0.4 is 11.1 Å². The predicted octanol–water partition coefficient (Wildman–Crippen LogP) is 0.00372. The number of aromatic carboxylic acids is 1. The summed E-state index contributed by atoms with van der Waals surface area (Å²) < 4.78 is 1.58. The first-order valence-corrected chi connectivity index (χ1v) is 7.20. The Morgan fingerprint density at radius 3 is 2.39 bits per heavy atom. The van der Waals surface area contributed by atoms with Gasteiger partial charge in [0.2, 0.25) is 5.91 Å². The first-order valence-electron chi connectivity index (χ1n) is 7.20. The van der Waals surface area contributed by atoms with Crippen molar-refractivity contribution in [3.8, 4) is 0 Å². The number of nitrogens with zero attached hydrogens (tertiary/aromatic N) is 1. The quantitative estimate of drug-likeness (QED) is 0.519. The number of Topliss-reactive ketones (excluding diaryl/α,β-unsaturated/α-hetero) is 1. The molecule has 0 atom stereocenters. The molecule has 2 heterocycles. The van der Waals surface area contributed by atoms with Crippen LogP contribution in [0.4, 0.5) is 0 Å². The topological polar surface area (TPSA) is 131 Å². The van der Waals surface area contributed by atoms with Crippen LogP contribution in [0, 0.1) is 6.92 Å². The van der Waals surface area contributed by atoms with Crippen LogP contribution in [0.3, 0.4) is 0 Å². The molecule has 1 aromatic rings. The number of carboxylic acids is 1. The number of carboxylic acid groups (broad SMARTS) is 1.